The molecule has 0 aliphatic carbocycles. The van der Waals surface area contributed by atoms with Gasteiger partial charge in [0.05, 0.1) is 11.2 Å². The van der Waals surface area contributed by atoms with Crippen LogP contribution in [0.3, 0.4) is 0 Å². The molecule has 106 valence electrons. The van der Waals surface area contributed by atoms with Gasteiger partial charge in [-0.2, -0.15) is 0 Å². The van der Waals surface area contributed by atoms with Crippen LogP contribution in [0.15, 0.2) is 48.8 Å². The Kier molecular flexibility index (Phi) is 4.05. The highest BCUT2D eigenvalue weighted by atomic mass is 15.0. The SMILES string of the molecule is CCCNc1cc(Cc2ccc3ccccc3n2)ncn1. The number of nitrogens with one attached hydrogen (secondary N) is 1. The van der Waals surface area contributed by atoms with Gasteiger partial charge in [-0.1, -0.05) is 31.2 Å². The standard InChI is InChI=1S/C17H18N4/c1-2-9-18-17-11-15(19-12-20-17)10-14-8-7-13-5-3-4-6-16(13)21-14/h3-8,11-12H,2,9-10H2,1H3,(H,18,19,20). The molecule has 1 N–H and O–H groups in total. The van der Waals surface area contributed by atoms with E-state index in [4.69, 9.17) is 0 Å². The Hall–Kier alpha value is -2.49. The van der Waals surface area contributed by atoms with Gasteiger partial charge in [-0.05, 0) is 18.6 Å². The molecule has 3 aromatic rings. The van der Waals surface area contributed by atoms with Crippen LogP contribution in [-0.4, -0.2) is 21.5 Å². The second kappa shape index (κ2) is 6.31. The first kappa shape index (κ1) is 13.5. The summed E-state index contributed by atoms with van der Waals surface area (Å²) in [6, 6.07) is 14.3. The van der Waals surface area contributed by atoms with E-state index in [2.05, 4.69) is 45.4 Å². The van der Waals surface area contributed by atoms with Gasteiger partial charge >= 0.3 is 0 Å². The highest BCUT2D eigenvalue weighted by molar-refractivity contribution is 5.78. The van der Waals surface area contributed by atoms with Crippen molar-refractivity contribution in [2.75, 3.05) is 11.9 Å². The first-order chi connectivity index (χ1) is 10.3. The summed E-state index contributed by atoms with van der Waals surface area (Å²) < 4.78 is 0. The van der Waals surface area contributed by atoms with Crippen LogP contribution in [0.4, 0.5) is 5.82 Å². The van der Waals surface area contributed by atoms with Crippen LogP contribution in [0, 0.1) is 0 Å². The number of para-hydroxylation sites is 1. The topological polar surface area (TPSA) is 50.7 Å². The van der Waals surface area contributed by atoms with Gasteiger partial charge in [-0.25, -0.2) is 9.97 Å². The summed E-state index contributed by atoms with van der Waals surface area (Å²) >= 11 is 0. The average molecular weight is 278 g/mol. The first-order valence-corrected chi connectivity index (χ1v) is 7.24. The maximum Gasteiger partial charge on any atom is 0.129 e. The van der Waals surface area contributed by atoms with Gasteiger partial charge in [0.15, 0.2) is 0 Å². The van der Waals surface area contributed by atoms with Gasteiger partial charge in [0.1, 0.15) is 12.1 Å². The van der Waals surface area contributed by atoms with Crippen LogP contribution in [0.5, 0.6) is 0 Å². The number of rotatable bonds is 5. The monoisotopic (exact) mass is 278 g/mol. The summed E-state index contributed by atoms with van der Waals surface area (Å²) in [5, 5.41) is 4.44. The van der Waals surface area contributed by atoms with Crippen molar-refractivity contribution in [1.29, 1.82) is 0 Å². The van der Waals surface area contributed by atoms with Gasteiger partial charge in [0.25, 0.3) is 0 Å². The third kappa shape index (κ3) is 3.34. The third-order valence-electron chi connectivity index (χ3n) is 3.30. The first-order valence-electron chi connectivity index (χ1n) is 7.24. The Morgan fingerprint density at radius 3 is 2.81 bits per heavy atom. The number of aromatic nitrogens is 3. The second-order valence-electron chi connectivity index (χ2n) is 4.99. The molecule has 0 radical (unpaired) electrons. The molecule has 2 heterocycles. The van der Waals surface area contributed by atoms with Crippen LogP contribution in [0.25, 0.3) is 10.9 Å². The van der Waals surface area contributed by atoms with Crippen molar-refractivity contribution in [3.8, 4) is 0 Å². The van der Waals surface area contributed by atoms with Crippen molar-refractivity contribution < 1.29 is 0 Å². The Labute approximate surface area is 124 Å². The minimum atomic E-state index is 0.716. The van der Waals surface area contributed by atoms with Crippen LogP contribution >= 0.6 is 0 Å². The number of benzene rings is 1. The predicted molar refractivity (Wildman–Crippen MR) is 85.4 cm³/mol. The molecule has 0 unspecified atom stereocenters. The summed E-state index contributed by atoms with van der Waals surface area (Å²) in [4.78, 5) is 13.2. The summed E-state index contributed by atoms with van der Waals surface area (Å²) in [5.41, 5.74) is 3.02. The zero-order valence-corrected chi connectivity index (χ0v) is 12.1. The Bertz CT molecular complexity index is 739. The van der Waals surface area contributed by atoms with E-state index < -0.39 is 0 Å². The van der Waals surface area contributed by atoms with E-state index in [1.54, 1.807) is 6.33 Å². The molecule has 0 fully saturated rings. The highest BCUT2D eigenvalue weighted by Crippen LogP contribution is 2.14. The van der Waals surface area contributed by atoms with E-state index in [1.807, 2.05) is 24.3 Å². The lowest BCUT2D eigenvalue weighted by Crippen LogP contribution is -2.04. The third-order valence-corrected chi connectivity index (χ3v) is 3.30. The molecule has 21 heavy (non-hydrogen) atoms. The quantitative estimate of drug-likeness (QED) is 0.776. The van der Waals surface area contributed by atoms with E-state index in [0.29, 0.717) is 6.42 Å². The Balaban J connectivity index is 1.81. The van der Waals surface area contributed by atoms with E-state index >= 15 is 0 Å². The molecule has 1 aromatic carbocycles. The molecule has 0 aliphatic rings. The highest BCUT2D eigenvalue weighted by Gasteiger charge is 2.03. The van der Waals surface area contributed by atoms with Gasteiger partial charge in [-0.15, -0.1) is 0 Å². The van der Waals surface area contributed by atoms with Gasteiger partial charge in [0.2, 0.25) is 0 Å². The fourth-order valence-corrected chi connectivity index (χ4v) is 2.24. The van der Waals surface area contributed by atoms with Crippen molar-refractivity contribution in [2.45, 2.75) is 19.8 Å². The molecule has 0 saturated heterocycles. The number of hydrogen-bond donors (Lipinski definition) is 1. The van der Waals surface area contributed by atoms with Crippen LogP contribution in [-0.2, 0) is 6.42 Å². The molecule has 4 heteroatoms. The van der Waals surface area contributed by atoms with Crippen molar-refractivity contribution >= 4 is 16.7 Å². The molecule has 0 bridgehead atoms. The minimum absolute atomic E-state index is 0.716. The van der Waals surface area contributed by atoms with E-state index in [-0.39, 0.29) is 0 Å². The molecular weight excluding hydrogens is 260 g/mol. The van der Waals surface area contributed by atoms with Gasteiger partial charge in [-0.3, -0.25) is 4.98 Å². The lowest BCUT2D eigenvalue weighted by Gasteiger charge is -2.06. The number of anilines is 1. The van der Waals surface area contributed by atoms with Crippen molar-refractivity contribution in [1.82, 2.24) is 15.0 Å². The van der Waals surface area contributed by atoms with Crippen LogP contribution < -0.4 is 5.32 Å². The Morgan fingerprint density at radius 2 is 1.90 bits per heavy atom. The largest absolute Gasteiger partial charge is 0.370 e. The zero-order chi connectivity index (χ0) is 14.5. The molecule has 0 spiro atoms. The fourth-order valence-electron chi connectivity index (χ4n) is 2.24. The number of fused-ring (bicyclic) bond motifs is 1. The minimum Gasteiger partial charge on any atom is -0.370 e. The van der Waals surface area contributed by atoms with Crippen molar-refractivity contribution in [3.05, 3.63) is 60.2 Å². The Morgan fingerprint density at radius 1 is 1.00 bits per heavy atom. The molecule has 0 aliphatic heterocycles. The fraction of sp³-hybridized carbons (Fsp3) is 0.235. The maximum absolute atomic E-state index is 4.68. The molecular formula is C17H18N4. The lowest BCUT2D eigenvalue weighted by molar-refractivity contribution is 0.949. The summed E-state index contributed by atoms with van der Waals surface area (Å²) in [6.07, 6.45) is 3.40. The average Bonchev–Trinajstić information content (AvgIpc) is 2.53. The van der Waals surface area contributed by atoms with Gasteiger partial charge in [0, 0.05) is 30.1 Å². The van der Waals surface area contributed by atoms with Crippen LogP contribution in [0.1, 0.15) is 24.7 Å². The van der Waals surface area contributed by atoms with Gasteiger partial charge < -0.3 is 5.32 Å². The normalized spacial score (nSPS) is 10.7. The van der Waals surface area contributed by atoms with Crippen molar-refractivity contribution in [3.63, 3.8) is 0 Å². The molecule has 3 rings (SSSR count). The van der Waals surface area contributed by atoms with E-state index in [9.17, 15) is 0 Å². The van der Waals surface area contributed by atoms with Crippen molar-refractivity contribution in [2.24, 2.45) is 0 Å². The number of nitrogens with zero attached hydrogens (tertiary/aromatic N) is 3. The molecule has 0 amide bonds. The zero-order valence-electron chi connectivity index (χ0n) is 12.1. The smallest absolute Gasteiger partial charge is 0.129 e. The van der Waals surface area contributed by atoms with Crippen LogP contribution in [0.2, 0.25) is 0 Å². The summed E-state index contributed by atoms with van der Waals surface area (Å²) in [6.45, 7) is 3.05. The van der Waals surface area contributed by atoms with E-state index in [0.717, 1.165) is 41.1 Å². The summed E-state index contributed by atoms with van der Waals surface area (Å²) in [7, 11) is 0. The second-order valence-corrected chi connectivity index (χ2v) is 4.99. The number of hydrogen-bond acceptors (Lipinski definition) is 4. The van der Waals surface area contributed by atoms with E-state index in [1.165, 1.54) is 0 Å². The lowest BCUT2D eigenvalue weighted by atomic mass is 10.1. The molecule has 2 aromatic heterocycles. The maximum atomic E-state index is 4.68. The molecule has 4 nitrogen and oxygen atoms in total. The molecule has 0 atom stereocenters. The summed E-state index contributed by atoms with van der Waals surface area (Å²) in [5.74, 6) is 0.877. The number of pyridine rings is 1. The predicted octanol–water partition coefficient (Wildman–Crippen LogP) is 3.44. The molecule has 0 saturated carbocycles.